The fraction of sp³-hybridized carbons (Fsp3) is 0.513. The Kier molecular flexibility index (Phi) is 12.6. The number of hydrogen-bond donors (Lipinski definition) is 4. The average Bonchev–Trinajstić information content (AvgIpc) is 3.83. The highest BCUT2D eigenvalue weighted by Crippen LogP contribution is 2.28. The number of carbonyl (C=O) groups excluding carboxylic acids is 7. The number of ether oxygens (including phenoxy) is 1. The molecule has 7 amide bonds. The second-order valence-electron chi connectivity index (χ2n) is 14.8. The van der Waals surface area contributed by atoms with Gasteiger partial charge in [-0.1, -0.05) is 61.0 Å². The van der Waals surface area contributed by atoms with Crippen molar-refractivity contribution in [2.24, 2.45) is 5.92 Å². The Morgan fingerprint density at radius 3 is 2.29 bits per heavy atom. The molecule has 0 spiro atoms. The molecule has 7 unspecified atom stereocenters. The van der Waals surface area contributed by atoms with Crippen LogP contribution in [0.25, 0.3) is 0 Å². The van der Waals surface area contributed by atoms with Crippen LogP contribution in [-0.4, -0.2) is 119 Å². The molecule has 0 bridgehead atoms. The van der Waals surface area contributed by atoms with E-state index >= 15 is 0 Å². The topological polar surface area (TPSA) is 187 Å². The first kappa shape index (κ1) is 39.5. The molecule has 4 aliphatic rings. The van der Waals surface area contributed by atoms with E-state index in [1.54, 1.807) is 55.5 Å². The maximum atomic E-state index is 14.5. The first-order valence-corrected chi connectivity index (χ1v) is 19.3. The van der Waals surface area contributed by atoms with Crippen LogP contribution in [0.3, 0.4) is 0 Å². The summed E-state index contributed by atoms with van der Waals surface area (Å²) in [5, 5.41) is 11.1. The lowest BCUT2D eigenvalue weighted by atomic mass is 9.99. The maximum absolute atomic E-state index is 14.5. The van der Waals surface area contributed by atoms with Gasteiger partial charge in [0.15, 0.2) is 0 Å². The monoisotopic (exact) mass is 777 g/mol. The summed E-state index contributed by atoms with van der Waals surface area (Å²) in [6.45, 7) is 3.63. The Labute approximate surface area is 324 Å². The zero-order valence-corrected chi connectivity index (χ0v) is 31.8. The van der Waals surface area contributed by atoms with Crippen molar-refractivity contribution in [1.29, 1.82) is 0 Å². The minimum Gasteiger partial charge on any atom is -0.461 e. The molecule has 6 rings (SSSR count). The summed E-state index contributed by atoms with van der Waals surface area (Å²) in [5.41, 5.74) is 1.04. The van der Waals surface area contributed by atoms with Crippen molar-refractivity contribution in [3.8, 4) is 0 Å². The lowest BCUT2D eigenvalue weighted by Gasteiger charge is -2.39. The summed E-state index contributed by atoms with van der Waals surface area (Å²) < 4.78 is 5.73. The van der Waals surface area contributed by atoms with Crippen molar-refractivity contribution in [2.45, 2.75) is 95.0 Å². The highest BCUT2D eigenvalue weighted by atomic mass is 35.5. The molecule has 294 valence electrons. The number of halogens is 1. The molecule has 0 radical (unpaired) electrons. The van der Waals surface area contributed by atoms with Gasteiger partial charge in [-0.15, -0.1) is 0 Å². The number of rotatable bonds is 6. The van der Waals surface area contributed by atoms with Gasteiger partial charge in [-0.05, 0) is 69.1 Å². The lowest BCUT2D eigenvalue weighted by Crippen LogP contribution is -2.62. The maximum Gasteiger partial charge on any atom is 0.328 e. The van der Waals surface area contributed by atoms with Crippen LogP contribution in [0.15, 0.2) is 54.6 Å². The Morgan fingerprint density at radius 2 is 1.53 bits per heavy atom. The first-order valence-electron chi connectivity index (χ1n) is 19.0. The quantitative estimate of drug-likeness (QED) is 0.322. The summed E-state index contributed by atoms with van der Waals surface area (Å²) in [4.78, 5) is 101. The fourth-order valence-corrected chi connectivity index (χ4v) is 8.11. The molecule has 55 heavy (non-hydrogen) atoms. The smallest absolute Gasteiger partial charge is 0.328 e. The van der Waals surface area contributed by atoms with E-state index in [1.807, 2.05) is 13.0 Å². The van der Waals surface area contributed by atoms with Gasteiger partial charge < -0.3 is 40.7 Å². The largest absolute Gasteiger partial charge is 0.461 e. The van der Waals surface area contributed by atoms with Crippen molar-refractivity contribution in [1.82, 2.24) is 30.7 Å². The molecule has 0 aliphatic carbocycles. The number of benzene rings is 2. The molecule has 0 saturated carbocycles. The summed E-state index contributed by atoms with van der Waals surface area (Å²) in [7, 11) is 0. The number of cyclic esters (lactones) is 1. The Morgan fingerprint density at radius 1 is 0.836 bits per heavy atom. The van der Waals surface area contributed by atoms with Crippen molar-refractivity contribution in [3.63, 3.8) is 0 Å². The van der Waals surface area contributed by atoms with E-state index in [0.29, 0.717) is 50.8 Å². The van der Waals surface area contributed by atoms with E-state index in [0.717, 1.165) is 5.56 Å². The molecule has 4 fully saturated rings. The van der Waals surface area contributed by atoms with Gasteiger partial charge in [0.05, 0.1) is 10.7 Å². The van der Waals surface area contributed by atoms with Gasteiger partial charge in [0.25, 0.3) is 0 Å². The first-order chi connectivity index (χ1) is 26.4. The molecular weight excluding hydrogens is 730 g/mol. The molecule has 15 nitrogen and oxygen atoms in total. The molecule has 0 aromatic heterocycles. The zero-order chi connectivity index (χ0) is 39.2. The summed E-state index contributed by atoms with van der Waals surface area (Å²) >= 11 is 6.25. The van der Waals surface area contributed by atoms with Crippen LogP contribution in [0.5, 0.6) is 0 Å². The van der Waals surface area contributed by atoms with Crippen LogP contribution in [0.1, 0.15) is 57.9 Å². The number of amides is 7. The number of para-hydroxylation sites is 1. The molecule has 7 atom stereocenters. The number of fused-ring (bicyclic) bond motifs is 3. The lowest BCUT2D eigenvalue weighted by molar-refractivity contribution is -0.158. The second-order valence-corrected chi connectivity index (χ2v) is 15.2. The van der Waals surface area contributed by atoms with Crippen molar-refractivity contribution in [2.75, 3.05) is 31.6 Å². The number of esters is 1. The zero-order valence-electron chi connectivity index (χ0n) is 31.0. The Hall–Kier alpha value is -5.18. The normalized spacial score (nSPS) is 27.0. The third-order valence-electron chi connectivity index (χ3n) is 10.7. The SMILES string of the molecule is CC1CC2C(=O)OCC(NC(=O)C(Cc3ccccc3)NC(=O)Nc3ccccc3Cl)C(=O)N3CCCC3C(=O)N3CCCCC3C(=O)NC(C)C(=O)N2C1. The molecule has 2 aromatic carbocycles. The van der Waals surface area contributed by atoms with Gasteiger partial charge in [0.1, 0.15) is 42.9 Å². The minimum atomic E-state index is -1.45. The van der Waals surface area contributed by atoms with Gasteiger partial charge in [-0.25, -0.2) is 9.59 Å². The van der Waals surface area contributed by atoms with Gasteiger partial charge in [-0.2, -0.15) is 0 Å². The van der Waals surface area contributed by atoms with Crippen LogP contribution < -0.4 is 21.3 Å². The van der Waals surface area contributed by atoms with Crippen LogP contribution in [0.4, 0.5) is 10.5 Å². The summed E-state index contributed by atoms with van der Waals surface area (Å²) in [6, 6.07) is 8.50. The van der Waals surface area contributed by atoms with E-state index in [-0.39, 0.29) is 30.5 Å². The number of carbonyl (C=O) groups is 7. The number of piperidine rings is 1. The standard InChI is InChI=1S/C39H48ClN7O8/c1-23-19-32-38(53)55-22-29(42-33(48)28(20-25-11-4-3-5-12-25)44-39(54)43-27-14-7-6-13-26(27)40)36(51)46-18-10-16-31(46)37(52)45-17-9-8-15-30(45)34(49)41-24(2)35(50)47(32)21-23/h3-7,11-14,23-24,28-32H,8-10,15-22H2,1-2H3,(H,41,49)(H,42,48)(H2,43,44,54). The predicted octanol–water partition coefficient (Wildman–Crippen LogP) is 2.23. The highest BCUT2D eigenvalue weighted by molar-refractivity contribution is 6.33. The molecule has 4 N–H and O–H groups in total. The predicted molar refractivity (Wildman–Crippen MR) is 201 cm³/mol. The second kappa shape index (κ2) is 17.5. The fourth-order valence-electron chi connectivity index (χ4n) is 7.93. The third-order valence-corrected chi connectivity index (χ3v) is 11.1. The number of nitrogens with zero attached hydrogens (tertiary/aromatic N) is 3. The van der Waals surface area contributed by atoms with Crippen LogP contribution >= 0.6 is 11.6 Å². The number of urea groups is 1. The van der Waals surface area contributed by atoms with E-state index < -0.39 is 84.4 Å². The number of hydrogen-bond acceptors (Lipinski definition) is 8. The number of nitrogens with one attached hydrogen (secondary N) is 4. The number of anilines is 1. The van der Waals surface area contributed by atoms with Gasteiger partial charge in [-0.3, -0.25) is 24.0 Å². The van der Waals surface area contributed by atoms with Crippen molar-refractivity contribution < 1.29 is 38.3 Å². The van der Waals surface area contributed by atoms with Gasteiger partial charge in [0, 0.05) is 26.1 Å². The van der Waals surface area contributed by atoms with E-state index in [2.05, 4.69) is 21.3 Å². The van der Waals surface area contributed by atoms with Crippen molar-refractivity contribution in [3.05, 3.63) is 65.2 Å². The van der Waals surface area contributed by atoms with E-state index in [4.69, 9.17) is 16.3 Å². The summed E-state index contributed by atoms with van der Waals surface area (Å²) in [5.74, 6) is -3.54. The molecular formula is C39H48ClN7O8. The summed E-state index contributed by atoms with van der Waals surface area (Å²) in [6.07, 6.45) is 2.95. The third kappa shape index (κ3) is 9.21. The Balaban J connectivity index is 1.30. The molecule has 4 saturated heterocycles. The van der Waals surface area contributed by atoms with Crippen LogP contribution in [-0.2, 0) is 39.9 Å². The van der Waals surface area contributed by atoms with Gasteiger partial charge in [0.2, 0.25) is 29.5 Å². The van der Waals surface area contributed by atoms with E-state index in [1.165, 1.54) is 14.7 Å². The van der Waals surface area contributed by atoms with Crippen LogP contribution in [0.2, 0.25) is 5.02 Å². The van der Waals surface area contributed by atoms with Crippen molar-refractivity contribution >= 4 is 58.8 Å². The average molecular weight is 778 g/mol. The van der Waals surface area contributed by atoms with E-state index in [9.17, 15) is 33.6 Å². The Bertz CT molecular complexity index is 1800. The van der Waals surface area contributed by atoms with Crippen LogP contribution in [0, 0.1) is 5.92 Å². The molecule has 2 aromatic rings. The highest BCUT2D eigenvalue weighted by Gasteiger charge is 2.46. The molecule has 4 aliphatic heterocycles. The molecule has 4 heterocycles. The molecule has 16 heteroatoms. The van der Waals surface area contributed by atoms with Gasteiger partial charge >= 0.3 is 12.0 Å². The minimum absolute atomic E-state index is 0.0434.